The highest BCUT2D eigenvalue weighted by molar-refractivity contribution is 7.92. The molecular weight excluding hydrogens is 300 g/mol. The number of carboxylic acid groups (broad SMARTS) is 1. The highest BCUT2D eigenvalue weighted by atomic mass is 32.2. The molecule has 0 spiro atoms. The van der Waals surface area contributed by atoms with E-state index in [0.717, 1.165) is 6.92 Å². The third kappa shape index (κ3) is 8.28. The Morgan fingerprint density at radius 3 is 2.00 bits per heavy atom. The number of rotatable bonds is 8. The topological polar surface area (TPSA) is 130 Å². The number of carbonyl (C=O) groups is 3. The Morgan fingerprint density at radius 2 is 1.62 bits per heavy atom. The van der Waals surface area contributed by atoms with Crippen LogP contribution in [0.25, 0.3) is 0 Å². The van der Waals surface area contributed by atoms with Gasteiger partial charge in [0.25, 0.3) is 0 Å². The van der Waals surface area contributed by atoms with E-state index in [0.29, 0.717) is 0 Å². The molecule has 3 N–H and O–H groups in total. The Kier molecular flexibility index (Phi) is 7.34. The molecule has 21 heavy (non-hydrogen) atoms. The summed E-state index contributed by atoms with van der Waals surface area (Å²) in [5.74, 6) is -4.31. The summed E-state index contributed by atoms with van der Waals surface area (Å²) in [4.78, 5) is 33.3. The van der Waals surface area contributed by atoms with Crippen LogP contribution in [0, 0.1) is 5.92 Å². The summed E-state index contributed by atoms with van der Waals surface area (Å²) >= 11 is 0. The molecule has 0 aliphatic carbocycles. The summed E-state index contributed by atoms with van der Waals surface area (Å²) in [6.45, 7) is 6.57. The lowest BCUT2D eigenvalue weighted by molar-refractivity contribution is -0.140. The maximum atomic E-state index is 11.8. The minimum atomic E-state index is -3.95. The molecule has 0 aromatic heterocycles. The Balaban J connectivity index is 4.71. The standard InChI is InChI=1S/C12H22N2O6S/c1-7(2)8(3)13-11(16)6-21(19,20)5-10(12(17)18)14-9(4)15/h7-8,10H,5-6H2,1-4H3,(H,13,16)(H,14,15)(H,17,18). The maximum absolute atomic E-state index is 11.8. The Hall–Kier alpha value is -1.64. The molecule has 0 saturated heterocycles. The Labute approximate surface area is 124 Å². The van der Waals surface area contributed by atoms with Crippen molar-refractivity contribution >= 4 is 27.6 Å². The summed E-state index contributed by atoms with van der Waals surface area (Å²) in [6, 6.07) is -1.76. The zero-order valence-electron chi connectivity index (χ0n) is 12.5. The molecule has 0 aliphatic rings. The average molecular weight is 322 g/mol. The molecule has 9 heteroatoms. The van der Waals surface area contributed by atoms with E-state index in [9.17, 15) is 22.8 Å². The molecule has 0 heterocycles. The molecule has 2 amide bonds. The van der Waals surface area contributed by atoms with Gasteiger partial charge in [-0.1, -0.05) is 13.8 Å². The van der Waals surface area contributed by atoms with Crippen LogP contribution in [0.2, 0.25) is 0 Å². The number of nitrogens with one attached hydrogen (secondary N) is 2. The van der Waals surface area contributed by atoms with Gasteiger partial charge in [-0.2, -0.15) is 0 Å². The number of carbonyl (C=O) groups excluding carboxylic acids is 2. The zero-order chi connectivity index (χ0) is 16.8. The fraction of sp³-hybridized carbons (Fsp3) is 0.750. The van der Waals surface area contributed by atoms with Crippen molar-refractivity contribution < 1.29 is 27.9 Å². The van der Waals surface area contributed by atoms with E-state index < -0.39 is 45.2 Å². The van der Waals surface area contributed by atoms with Gasteiger partial charge in [-0.3, -0.25) is 9.59 Å². The third-order valence-electron chi connectivity index (χ3n) is 2.84. The van der Waals surface area contributed by atoms with Crippen molar-refractivity contribution in [1.82, 2.24) is 10.6 Å². The van der Waals surface area contributed by atoms with E-state index >= 15 is 0 Å². The van der Waals surface area contributed by atoms with Gasteiger partial charge < -0.3 is 15.7 Å². The van der Waals surface area contributed by atoms with Crippen molar-refractivity contribution in [2.75, 3.05) is 11.5 Å². The number of amides is 2. The smallest absolute Gasteiger partial charge is 0.327 e. The predicted molar refractivity (Wildman–Crippen MR) is 76.3 cm³/mol. The molecule has 0 aliphatic heterocycles. The number of hydrogen-bond acceptors (Lipinski definition) is 5. The van der Waals surface area contributed by atoms with E-state index in [1.807, 2.05) is 19.2 Å². The Bertz CT molecular complexity index is 500. The van der Waals surface area contributed by atoms with E-state index in [-0.39, 0.29) is 12.0 Å². The van der Waals surface area contributed by atoms with Crippen LogP contribution in [0.1, 0.15) is 27.7 Å². The summed E-state index contributed by atoms with van der Waals surface area (Å²) in [5, 5.41) is 13.4. The summed E-state index contributed by atoms with van der Waals surface area (Å²) in [5.41, 5.74) is 0. The van der Waals surface area contributed by atoms with Gasteiger partial charge in [-0.25, -0.2) is 13.2 Å². The van der Waals surface area contributed by atoms with E-state index in [1.165, 1.54) is 0 Å². The molecule has 2 atom stereocenters. The first-order valence-corrected chi connectivity index (χ1v) is 8.26. The van der Waals surface area contributed by atoms with E-state index in [1.54, 1.807) is 6.92 Å². The quantitative estimate of drug-likeness (QED) is 0.534. The zero-order valence-corrected chi connectivity index (χ0v) is 13.4. The van der Waals surface area contributed by atoms with Crippen LogP contribution in [0.15, 0.2) is 0 Å². The van der Waals surface area contributed by atoms with Crippen LogP contribution < -0.4 is 10.6 Å². The van der Waals surface area contributed by atoms with Gasteiger partial charge in [0.2, 0.25) is 11.8 Å². The molecule has 0 bridgehead atoms. The molecule has 0 aromatic rings. The molecule has 0 aromatic carbocycles. The van der Waals surface area contributed by atoms with Crippen molar-refractivity contribution in [2.24, 2.45) is 5.92 Å². The van der Waals surface area contributed by atoms with Crippen LogP contribution in [0.4, 0.5) is 0 Å². The van der Waals surface area contributed by atoms with Crippen LogP contribution in [0.5, 0.6) is 0 Å². The lowest BCUT2D eigenvalue weighted by atomic mass is 10.1. The number of carboxylic acids is 1. The molecule has 8 nitrogen and oxygen atoms in total. The second-order valence-corrected chi connectivity index (χ2v) is 7.36. The van der Waals surface area contributed by atoms with Gasteiger partial charge in [0.05, 0.1) is 5.75 Å². The lowest BCUT2D eigenvalue weighted by Crippen LogP contribution is -2.46. The Morgan fingerprint density at radius 1 is 1.10 bits per heavy atom. The van der Waals surface area contributed by atoms with Crippen molar-refractivity contribution in [3.05, 3.63) is 0 Å². The second-order valence-electron chi connectivity index (χ2n) is 5.25. The summed E-state index contributed by atoms with van der Waals surface area (Å²) < 4.78 is 23.6. The molecule has 2 unspecified atom stereocenters. The SMILES string of the molecule is CC(=O)NC(CS(=O)(=O)CC(=O)NC(C)C(C)C)C(=O)O. The van der Waals surface area contributed by atoms with Crippen LogP contribution >= 0.6 is 0 Å². The first-order valence-electron chi connectivity index (χ1n) is 6.44. The van der Waals surface area contributed by atoms with Crippen LogP contribution in [-0.2, 0) is 24.2 Å². The monoisotopic (exact) mass is 322 g/mol. The van der Waals surface area contributed by atoms with Gasteiger partial charge in [-0.05, 0) is 12.8 Å². The van der Waals surface area contributed by atoms with Crippen LogP contribution in [-0.4, -0.2) is 54.9 Å². The highest BCUT2D eigenvalue weighted by Crippen LogP contribution is 2.01. The molecule has 0 rings (SSSR count). The predicted octanol–water partition coefficient (Wildman–Crippen LogP) is -0.849. The molecule has 122 valence electrons. The maximum Gasteiger partial charge on any atom is 0.327 e. The lowest BCUT2D eigenvalue weighted by Gasteiger charge is -2.18. The molecular formula is C12H22N2O6S. The fourth-order valence-corrected chi connectivity index (χ4v) is 2.73. The highest BCUT2D eigenvalue weighted by Gasteiger charge is 2.28. The number of sulfone groups is 1. The molecule has 0 fully saturated rings. The third-order valence-corrected chi connectivity index (χ3v) is 4.38. The molecule has 0 radical (unpaired) electrons. The van der Waals surface area contributed by atoms with Crippen molar-refractivity contribution in [3.8, 4) is 0 Å². The van der Waals surface area contributed by atoms with Gasteiger partial charge in [0, 0.05) is 13.0 Å². The number of hydrogen-bond donors (Lipinski definition) is 3. The second kappa shape index (κ2) is 7.96. The average Bonchev–Trinajstić information content (AvgIpc) is 2.25. The first-order chi connectivity index (χ1) is 9.44. The normalized spacial score (nSPS) is 14.3. The first kappa shape index (κ1) is 19.4. The van der Waals surface area contributed by atoms with Crippen molar-refractivity contribution in [3.63, 3.8) is 0 Å². The summed E-state index contributed by atoms with van der Waals surface area (Å²) in [6.07, 6.45) is 0. The van der Waals surface area contributed by atoms with E-state index in [2.05, 4.69) is 5.32 Å². The number of aliphatic carboxylic acids is 1. The van der Waals surface area contributed by atoms with Gasteiger partial charge in [-0.15, -0.1) is 0 Å². The van der Waals surface area contributed by atoms with Gasteiger partial charge in [0.1, 0.15) is 11.8 Å². The van der Waals surface area contributed by atoms with Crippen LogP contribution in [0.3, 0.4) is 0 Å². The minimum absolute atomic E-state index is 0.141. The van der Waals surface area contributed by atoms with Gasteiger partial charge in [0.15, 0.2) is 9.84 Å². The molecule has 0 saturated carbocycles. The fourth-order valence-electron chi connectivity index (χ4n) is 1.39. The van der Waals surface area contributed by atoms with Gasteiger partial charge >= 0.3 is 5.97 Å². The largest absolute Gasteiger partial charge is 0.480 e. The minimum Gasteiger partial charge on any atom is -0.480 e. The van der Waals surface area contributed by atoms with E-state index in [4.69, 9.17) is 5.11 Å². The van der Waals surface area contributed by atoms with Crippen molar-refractivity contribution in [1.29, 1.82) is 0 Å². The summed E-state index contributed by atoms with van der Waals surface area (Å²) in [7, 11) is -3.95. The van der Waals surface area contributed by atoms with Crippen molar-refractivity contribution in [2.45, 2.75) is 39.8 Å².